The molecule has 0 atom stereocenters. The molecule has 1 aromatic heterocycles. The molecule has 0 aromatic carbocycles. The van der Waals surface area contributed by atoms with Crippen molar-refractivity contribution in [1.29, 1.82) is 0 Å². The quantitative estimate of drug-likeness (QED) is 0.580. The average molecular weight is 239 g/mol. The Hall–Kier alpha value is -1.56. The number of thioether (sulfide) groups is 1. The molecule has 0 aliphatic carbocycles. The number of rotatable bonds is 5. The van der Waals surface area contributed by atoms with Crippen molar-refractivity contribution >= 4 is 11.8 Å². The van der Waals surface area contributed by atoms with E-state index in [2.05, 4.69) is 4.98 Å². The first-order valence-corrected chi connectivity index (χ1v) is 5.86. The zero-order valence-corrected chi connectivity index (χ0v) is 9.98. The Morgan fingerprint density at radius 1 is 1.69 bits per heavy atom. The molecule has 0 spiro atoms. The van der Waals surface area contributed by atoms with Crippen LogP contribution in [0.5, 0.6) is 0 Å². The minimum absolute atomic E-state index is 0.444. The van der Waals surface area contributed by atoms with Crippen molar-refractivity contribution in [3.63, 3.8) is 0 Å². The number of nitrogens with zero attached hydrogens (tertiary/aromatic N) is 3. The van der Waals surface area contributed by atoms with E-state index in [1.54, 1.807) is 18.1 Å². The highest BCUT2D eigenvalue weighted by molar-refractivity contribution is 8.02. The van der Waals surface area contributed by atoms with Crippen molar-refractivity contribution in [2.75, 3.05) is 13.3 Å². The van der Waals surface area contributed by atoms with Crippen molar-refractivity contribution in [3.05, 3.63) is 51.4 Å². The maximum absolute atomic E-state index is 10.4. The van der Waals surface area contributed by atoms with Gasteiger partial charge in [-0.2, -0.15) is 0 Å². The summed E-state index contributed by atoms with van der Waals surface area (Å²) in [6.07, 6.45) is 4.52. The molecule has 0 saturated heterocycles. The summed E-state index contributed by atoms with van der Waals surface area (Å²) in [5.41, 5.74) is 0.883. The van der Waals surface area contributed by atoms with Gasteiger partial charge in [0.1, 0.15) is 5.03 Å². The van der Waals surface area contributed by atoms with Gasteiger partial charge in [-0.25, -0.2) is 0 Å². The Morgan fingerprint density at radius 2 is 2.44 bits per heavy atom. The molecule has 0 saturated carbocycles. The van der Waals surface area contributed by atoms with Crippen molar-refractivity contribution < 1.29 is 4.92 Å². The molecule has 1 aromatic rings. The molecule has 1 heterocycles. The molecule has 0 amide bonds. The van der Waals surface area contributed by atoms with Crippen LogP contribution in [0.15, 0.2) is 35.6 Å². The summed E-state index contributed by atoms with van der Waals surface area (Å²) >= 11 is 1.34. The van der Waals surface area contributed by atoms with Gasteiger partial charge in [0, 0.05) is 13.2 Å². The Bertz CT molecular complexity index is 381. The summed E-state index contributed by atoms with van der Waals surface area (Å²) in [7, 11) is 1.81. The third-order valence-electron chi connectivity index (χ3n) is 1.93. The summed E-state index contributed by atoms with van der Waals surface area (Å²) in [4.78, 5) is 15.9. The smallest absolute Gasteiger partial charge is 0.264 e. The second-order valence-electron chi connectivity index (χ2n) is 3.13. The lowest BCUT2D eigenvalue weighted by molar-refractivity contribution is -0.403. The van der Waals surface area contributed by atoms with Gasteiger partial charge < -0.3 is 4.90 Å². The van der Waals surface area contributed by atoms with E-state index in [0.29, 0.717) is 11.6 Å². The zero-order chi connectivity index (χ0) is 12.0. The van der Waals surface area contributed by atoms with Gasteiger partial charge in [-0.15, -0.1) is 11.8 Å². The third-order valence-corrected chi connectivity index (χ3v) is 2.76. The van der Waals surface area contributed by atoms with Crippen molar-refractivity contribution in [2.24, 2.45) is 0 Å². The highest BCUT2D eigenvalue weighted by atomic mass is 32.2. The second kappa shape index (κ2) is 6.12. The van der Waals surface area contributed by atoms with Gasteiger partial charge in [-0.1, -0.05) is 6.07 Å². The van der Waals surface area contributed by atoms with Crippen LogP contribution in [0.25, 0.3) is 0 Å². The molecule has 0 aliphatic rings. The van der Waals surface area contributed by atoms with Crippen LogP contribution in [0.1, 0.15) is 5.69 Å². The number of aromatic nitrogens is 1. The summed E-state index contributed by atoms with van der Waals surface area (Å²) < 4.78 is 0. The molecule has 86 valence electrons. The van der Waals surface area contributed by atoms with Crippen LogP contribution >= 0.6 is 11.8 Å². The normalized spacial score (nSPS) is 11.2. The summed E-state index contributed by atoms with van der Waals surface area (Å²) in [6.45, 7) is 0.557. The van der Waals surface area contributed by atoms with Crippen LogP contribution in [0.2, 0.25) is 0 Å². The van der Waals surface area contributed by atoms with Gasteiger partial charge >= 0.3 is 0 Å². The monoisotopic (exact) mass is 239 g/mol. The van der Waals surface area contributed by atoms with E-state index >= 15 is 0 Å². The van der Waals surface area contributed by atoms with Gasteiger partial charge in [0.05, 0.1) is 17.2 Å². The summed E-state index contributed by atoms with van der Waals surface area (Å²) in [6, 6.07) is 5.62. The van der Waals surface area contributed by atoms with E-state index in [1.807, 2.05) is 24.5 Å². The first-order chi connectivity index (χ1) is 7.63. The van der Waals surface area contributed by atoms with Gasteiger partial charge in [0.15, 0.2) is 0 Å². The topological polar surface area (TPSA) is 59.3 Å². The molecule has 0 N–H and O–H groups in total. The minimum atomic E-state index is -0.444. The van der Waals surface area contributed by atoms with Gasteiger partial charge in [0.2, 0.25) is 0 Å². The first kappa shape index (κ1) is 12.5. The first-order valence-electron chi connectivity index (χ1n) is 4.64. The van der Waals surface area contributed by atoms with E-state index < -0.39 is 4.92 Å². The molecule has 1 rings (SSSR count). The number of hydrogen-bond donors (Lipinski definition) is 0. The lowest BCUT2D eigenvalue weighted by atomic mass is 10.3. The van der Waals surface area contributed by atoms with Gasteiger partial charge in [-0.3, -0.25) is 15.1 Å². The standard InChI is InChI=1S/C10H13N3O2S/c1-12(10(16-2)8-13(14)15)7-9-5-3-4-6-11-9/h3-6,8H,7H2,1-2H3/b10-8+. The number of hydrogen-bond acceptors (Lipinski definition) is 5. The largest absolute Gasteiger partial charge is 0.358 e. The maximum atomic E-state index is 10.4. The number of pyridine rings is 1. The molecule has 5 nitrogen and oxygen atoms in total. The summed E-state index contributed by atoms with van der Waals surface area (Å²) in [5, 5.41) is 11.0. The second-order valence-corrected chi connectivity index (χ2v) is 3.96. The highest BCUT2D eigenvalue weighted by Gasteiger charge is 2.08. The van der Waals surface area contributed by atoms with Crippen LogP contribution in [0.3, 0.4) is 0 Å². The SMILES string of the molecule is CS/C(=C/[N+](=O)[O-])N(C)Cc1ccccn1. The fourth-order valence-electron chi connectivity index (χ4n) is 1.21. The molecule has 0 fully saturated rings. The molecular weight excluding hydrogens is 226 g/mol. The zero-order valence-electron chi connectivity index (χ0n) is 9.16. The van der Waals surface area contributed by atoms with E-state index in [-0.39, 0.29) is 0 Å². The molecule has 0 radical (unpaired) electrons. The summed E-state index contributed by atoms with van der Waals surface area (Å²) in [5.74, 6) is 0. The Balaban J connectivity index is 2.70. The lowest BCUT2D eigenvalue weighted by Crippen LogP contribution is -2.17. The van der Waals surface area contributed by atoms with Crippen LogP contribution in [0.4, 0.5) is 0 Å². The maximum Gasteiger partial charge on any atom is 0.264 e. The Morgan fingerprint density at radius 3 is 2.94 bits per heavy atom. The fraction of sp³-hybridized carbons (Fsp3) is 0.300. The van der Waals surface area contributed by atoms with Gasteiger partial charge in [0.25, 0.3) is 6.20 Å². The van der Waals surface area contributed by atoms with Crippen molar-refractivity contribution in [2.45, 2.75) is 6.54 Å². The lowest BCUT2D eigenvalue weighted by Gasteiger charge is -2.18. The van der Waals surface area contributed by atoms with E-state index in [9.17, 15) is 10.1 Å². The molecule has 0 unspecified atom stereocenters. The van der Waals surface area contributed by atoms with Gasteiger partial charge in [-0.05, 0) is 18.4 Å². The van der Waals surface area contributed by atoms with E-state index in [4.69, 9.17) is 0 Å². The van der Waals surface area contributed by atoms with Crippen LogP contribution in [-0.4, -0.2) is 28.1 Å². The predicted octanol–water partition coefficient (Wildman–Crippen LogP) is 1.95. The molecule has 6 heteroatoms. The number of nitro groups is 1. The van der Waals surface area contributed by atoms with E-state index in [0.717, 1.165) is 11.9 Å². The highest BCUT2D eigenvalue weighted by Crippen LogP contribution is 2.17. The van der Waals surface area contributed by atoms with E-state index in [1.165, 1.54) is 11.8 Å². The Kier molecular flexibility index (Phi) is 4.78. The molecule has 0 bridgehead atoms. The third kappa shape index (κ3) is 3.90. The van der Waals surface area contributed by atoms with Crippen LogP contribution in [0, 0.1) is 10.1 Å². The van der Waals surface area contributed by atoms with Crippen LogP contribution < -0.4 is 0 Å². The predicted molar refractivity (Wildman–Crippen MR) is 64.3 cm³/mol. The van der Waals surface area contributed by atoms with Crippen molar-refractivity contribution in [1.82, 2.24) is 9.88 Å². The van der Waals surface area contributed by atoms with Crippen LogP contribution in [-0.2, 0) is 6.54 Å². The average Bonchev–Trinajstić information content (AvgIpc) is 2.26. The minimum Gasteiger partial charge on any atom is -0.358 e. The molecule has 0 aliphatic heterocycles. The Labute approximate surface area is 98.3 Å². The molecule has 16 heavy (non-hydrogen) atoms. The fourth-order valence-corrected chi connectivity index (χ4v) is 1.78. The van der Waals surface area contributed by atoms with Crippen molar-refractivity contribution in [3.8, 4) is 0 Å². The molecular formula is C10H13N3O2S.